The second-order valence-electron chi connectivity index (χ2n) is 17.3. The van der Waals surface area contributed by atoms with E-state index in [9.17, 15) is 0 Å². The molecule has 0 bridgehead atoms. The summed E-state index contributed by atoms with van der Waals surface area (Å²) in [5.41, 5.74) is 5.13. The highest BCUT2D eigenvalue weighted by molar-refractivity contribution is 6.41. The summed E-state index contributed by atoms with van der Waals surface area (Å²) >= 11 is 0. The van der Waals surface area contributed by atoms with Crippen LogP contribution in [0.4, 0.5) is 0 Å². The zero-order valence-corrected chi connectivity index (χ0v) is 33.6. The smallest absolute Gasteiger partial charge is 0.000741 e. The van der Waals surface area contributed by atoms with Crippen molar-refractivity contribution in [2.75, 3.05) is 0 Å². The maximum atomic E-state index is 2.43. The van der Waals surface area contributed by atoms with E-state index < -0.39 is 0 Å². The molecular formula is C62H34. The van der Waals surface area contributed by atoms with Gasteiger partial charge in [-0.1, -0.05) is 206 Å². The third kappa shape index (κ3) is 4.03. The lowest BCUT2D eigenvalue weighted by Crippen LogP contribution is -1.96. The normalized spacial score (nSPS) is 12.5. The van der Waals surface area contributed by atoms with E-state index in [0.29, 0.717) is 0 Å². The van der Waals surface area contributed by atoms with E-state index in [1.807, 2.05) is 0 Å². The Morgan fingerprint density at radius 2 is 0.403 bits per heavy atom. The van der Waals surface area contributed by atoms with Crippen molar-refractivity contribution in [2.24, 2.45) is 0 Å². The van der Waals surface area contributed by atoms with Crippen LogP contribution in [0.1, 0.15) is 0 Å². The van der Waals surface area contributed by atoms with Gasteiger partial charge in [0.2, 0.25) is 0 Å². The Labute approximate surface area is 356 Å². The van der Waals surface area contributed by atoms with Crippen LogP contribution in [0.3, 0.4) is 0 Å². The van der Waals surface area contributed by atoms with Gasteiger partial charge in [0.25, 0.3) is 0 Å². The minimum Gasteiger partial charge on any atom is -0.0616 e. The molecule has 0 saturated heterocycles. The average molecular weight is 779 g/mol. The predicted molar refractivity (Wildman–Crippen MR) is 270 cm³/mol. The van der Waals surface area contributed by atoms with Crippen molar-refractivity contribution in [3.05, 3.63) is 206 Å². The van der Waals surface area contributed by atoms with Gasteiger partial charge in [0.05, 0.1) is 0 Å². The van der Waals surface area contributed by atoms with Gasteiger partial charge in [-0.2, -0.15) is 0 Å². The molecule has 0 spiro atoms. The van der Waals surface area contributed by atoms with Crippen molar-refractivity contribution in [1.29, 1.82) is 0 Å². The van der Waals surface area contributed by atoms with Crippen molar-refractivity contribution in [3.8, 4) is 22.3 Å². The summed E-state index contributed by atoms with van der Waals surface area (Å²) < 4.78 is 0. The largest absolute Gasteiger partial charge is 0.0616 e. The number of hydrogen-bond donors (Lipinski definition) is 0. The summed E-state index contributed by atoms with van der Waals surface area (Å²) in [5.74, 6) is 0. The lowest BCUT2D eigenvalue weighted by atomic mass is 9.79. The summed E-state index contributed by atoms with van der Waals surface area (Å²) in [6.07, 6.45) is 0. The quantitative estimate of drug-likeness (QED) is 0.121. The first-order valence-corrected chi connectivity index (χ1v) is 21.8. The van der Waals surface area contributed by atoms with Gasteiger partial charge >= 0.3 is 0 Å². The molecule has 0 heterocycles. The van der Waals surface area contributed by atoms with Crippen molar-refractivity contribution >= 4 is 129 Å². The highest BCUT2D eigenvalue weighted by Gasteiger charge is 2.25. The van der Waals surface area contributed by atoms with E-state index >= 15 is 0 Å². The third-order valence-electron chi connectivity index (χ3n) is 14.5. The van der Waals surface area contributed by atoms with E-state index in [1.54, 1.807) is 0 Å². The Balaban J connectivity index is 1.17. The predicted octanol–water partition coefficient (Wildman–Crippen LogP) is 17.7. The molecule has 15 aromatic rings. The summed E-state index contributed by atoms with van der Waals surface area (Å²) in [6.45, 7) is 0. The fourth-order valence-electron chi connectivity index (χ4n) is 12.1. The summed E-state index contributed by atoms with van der Waals surface area (Å²) in [7, 11) is 0. The van der Waals surface area contributed by atoms with Crippen LogP contribution in [0.25, 0.3) is 152 Å². The second kappa shape index (κ2) is 11.8. The molecule has 0 atom stereocenters. The molecule has 0 nitrogen and oxygen atoms in total. The summed E-state index contributed by atoms with van der Waals surface area (Å²) in [6, 6.07) is 78.2. The molecule has 0 fully saturated rings. The van der Waals surface area contributed by atoms with Gasteiger partial charge in [0.1, 0.15) is 0 Å². The Morgan fingerprint density at radius 3 is 0.790 bits per heavy atom. The van der Waals surface area contributed by atoms with E-state index in [0.717, 1.165) is 0 Å². The van der Waals surface area contributed by atoms with Crippen LogP contribution >= 0.6 is 0 Å². The first-order chi connectivity index (χ1) is 30.8. The third-order valence-corrected chi connectivity index (χ3v) is 14.5. The first kappa shape index (κ1) is 32.8. The molecule has 0 aliphatic carbocycles. The molecule has 282 valence electrons. The molecule has 0 radical (unpaired) electrons. The SMILES string of the molecule is c1ccc2c(-c3ccc4c5cccc6cccc(c7cccc3c74)c65)c3c4ccccc4c4ccccc4c3c(-c3ccc4c5cccc6cccc(c7cccc3c74)c65)c2c1. The van der Waals surface area contributed by atoms with Gasteiger partial charge in [-0.05, 0) is 152 Å². The maximum absolute atomic E-state index is 2.43. The van der Waals surface area contributed by atoms with Crippen LogP contribution in [0.15, 0.2) is 206 Å². The standard InChI is InChI=1S/C62H34/c1-3-19-39-37(17-1)38-18-2-4-20-40(38)62-60(54-34-32-52-44-26-10-16-36-14-8-24-42(56(36)44)46-28-12-30-48(54)58(46)52)50-22-6-5-21-49(50)59(61(39)62)53-33-31-51-43-25-9-15-35-13-7-23-41(55(35)43)45-27-11-29-47(53)57(45)51/h1-34H. The van der Waals surface area contributed by atoms with Crippen molar-refractivity contribution < 1.29 is 0 Å². The molecule has 0 unspecified atom stereocenters. The monoisotopic (exact) mass is 778 g/mol. The summed E-state index contributed by atoms with van der Waals surface area (Å²) in [5, 5.41) is 31.3. The highest BCUT2D eigenvalue weighted by Crippen LogP contribution is 2.54. The fraction of sp³-hybridized carbons (Fsp3) is 0. The van der Waals surface area contributed by atoms with Crippen LogP contribution in [-0.2, 0) is 0 Å². The van der Waals surface area contributed by atoms with Gasteiger partial charge in [0.15, 0.2) is 0 Å². The molecule has 0 amide bonds. The molecule has 0 aliphatic heterocycles. The van der Waals surface area contributed by atoms with Gasteiger partial charge in [0, 0.05) is 0 Å². The minimum atomic E-state index is 1.27. The molecule has 0 aromatic heterocycles. The Morgan fingerprint density at radius 1 is 0.145 bits per heavy atom. The highest BCUT2D eigenvalue weighted by atomic mass is 14.3. The van der Waals surface area contributed by atoms with Crippen molar-refractivity contribution in [1.82, 2.24) is 0 Å². The summed E-state index contributed by atoms with van der Waals surface area (Å²) in [4.78, 5) is 0. The van der Waals surface area contributed by atoms with Gasteiger partial charge < -0.3 is 0 Å². The van der Waals surface area contributed by atoms with Crippen LogP contribution in [-0.4, -0.2) is 0 Å². The zero-order valence-electron chi connectivity index (χ0n) is 33.6. The lowest BCUT2D eigenvalue weighted by Gasteiger charge is -2.24. The second-order valence-corrected chi connectivity index (χ2v) is 17.3. The molecular weight excluding hydrogens is 745 g/mol. The first-order valence-electron chi connectivity index (χ1n) is 21.8. The molecule has 15 aromatic carbocycles. The lowest BCUT2D eigenvalue weighted by molar-refractivity contribution is 1.72. The van der Waals surface area contributed by atoms with Crippen molar-refractivity contribution in [2.45, 2.75) is 0 Å². The molecule has 0 N–H and O–H groups in total. The van der Waals surface area contributed by atoms with Crippen LogP contribution in [0, 0.1) is 0 Å². The van der Waals surface area contributed by atoms with Crippen LogP contribution in [0.5, 0.6) is 0 Å². The molecule has 0 saturated carbocycles. The molecule has 0 aliphatic rings. The molecule has 15 rings (SSSR count). The minimum absolute atomic E-state index is 1.27. The number of rotatable bonds is 2. The number of hydrogen-bond acceptors (Lipinski definition) is 0. The van der Waals surface area contributed by atoms with Crippen LogP contribution in [0.2, 0.25) is 0 Å². The van der Waals surface area contributed by atoms with Gasteiger partial charge in [-0.3, -0.25) is 0 Å². The topological polar surface area (TPSA) is 0 Å². The maximum Gasteiger partial charge on any atom is -0.000741 e. The zero-order chi connectivity index (χ0) is 40.2. The van der Waals surface area contributed by atoms with E-state index in [4.69, 9.17) is 0 Å². The van der Waals surface area contributed by atoms with E-state index in [1.165, 1.54) is 152 Å². The number of benzene rings is 15. The Kier molecular flexibility index (Phi) is 6.24. The van der Waals surface area contributed by atoms with Gasteiger partial charge in [-0.15, -0.1) is 0 Å². The number of fused-ring (bicyclic) bond motifs is 11. The van der Waals surface area contributed by atoms with Crippen molar-refractivity contribution in [3.63, 3.8) is 0 Å². The average Bonchev–Trinajstić information content (AvgIpc) is 3.34. The fourth-order valence-corrected chi connectivity index (χ4v) is 12.1. The van der Waals surface area contributed by atoms with Gasteiger partial charge in [-0.25, -0.2) is 0 Å². The van der Waals surface area contributed by atoms with E-state index in [-0.39, 0.29) is 0 Å². The Bertz CT molecular complexity index is 4050. The Hall–Kier alpha value is -8.06. The molecule has 62 heavy (non-hydrogen) atoms. The van der Waals surface area contributed by atoms with E-state index in [2.05, 4.69) is 206 Å². The van der Waals surface area contributed by atoms with Crippen LogP contribution < -0.4 is 0 Å². The molecule has 0 heteroatoms.